The molecule has 0 bridgehead atoms. The number of para-hydroxylation sites is 1. The molecule has 0 fully saturated rings. The molecule has 1 aromatic carbocycles. The normalized spacial score (nSPS) is 14.9. The number of nitrogens with zero attached hydrogens (tertiary/aromatic N) is 1. The second-order valence-corrected chi connectivity index (χ2v) is 7.16. The first-order valence-corrected chi connectivity index (χ1v) is 8.17. The fourth-order valence-corrected chi connectivity index (χ4v) is 3.25. The van der Waals surface area contributed by atoms with Gasteiger partial charge >= 0.3 is 6.72 Å². The van der Waals surface area contributed by atoms with Crippen LogP contribution in [0.5, 0.6) is 0 Å². The third-order valence-electron chi connectivity index (χ3n) is 1.67. The molecule has 1 atom stereocenters. The van der Waals surface area contributed by atoms with Gasteiger partial charge in [0.25, 0.3) is 0 Å². The Balaban J connectivity index is 2.45. The van der Waals surface area contributed by atoms with Crippen LogP contribution in [0.2, 0.25) is 0 Å². The summed E-state index contributed by atoms with van der Waals surface area (Å²) in [7, 11) is 0. The molecule has 0 aromatic heterocycles. The predicted octanol–water partition coefficient (Wildman–Crippen LogP) is 3.37. The van der Waals surface area contributed by atoms with Gasteiger partial charge in [0, 0.05) is 11.4 Å². The Hall–Kier alpha value is -0.770. The number of anilines is 1. The second-order valence-electron chi connectivity index (χ2n) is 3.08. The molecule has 1 rings (SSSR count). The topological polar surface area (TPSA) is 61.7 Å². The van der Waals surface area contributed by atoms with E-state index in [1.54, 1.807) is 0 Å². The summed E-state index contributed by atoms with van der Waals surface area (Å²) in [5.74, 6) is 0.635. The van der Waals surface area contributed by atoms with E-state index in [0.29, 0.717) is 5.75 Å². The van der Waals surface area contributed by atoms with Gasteiger partial charge in [0.1, 0.15) is 0 Å². The van der Waals surface area contributed by atoms with Crippen LogP contribution in [-0.2, 0) is 4.57 Å². The minimum Gasteiger partial charge on any atom is -0.346 e. The van der Waals surface area contributed by atoms with E-state index in [9.17, 15) is 9.46 Å². The molecular weight excluding hydrogens is 243 g/mol. The molecule has 0 aliphatic rings. The van der Waals surface area contributed by atoms with Crippen LogP contribution in [0.4, 0.5) is 5.69 Å². The van der Waals surface area contributed by atoms with E-state index in [0.717, 1.165) is 23.5 Å². The lowest BCUT2D eigenvalue weighted by Gasteiger charge is -2.04. The zero-order valence-electron chi connectivity index (χ0n) is 9.04. The molecule has 0 amide bonds. The summed E-state index contributed by atoms with van der Waals surface area (Å²) in [6, 6.07) is 9.36. The van der Waals surface area contributed by atoms with Crippen molar-refractivity contribution in [3.8, 4) is 0 Å². The van der Waals surface area contributed by atoms with Crippen LogP contribution in [0.25, 0.3) is 0 Å². The van der Waals surface area contributed by atoms with Crippen molar-refractivity contribution in [1.29, 1.82) is 0 Å². The molecule has 0 aliphatic carbocycles. The van der Waals surface area contributed by atoms with Gasteiger partial charge in [0.2, 0.25) is 0 Å². The second kappa shape index (κ2) is 6.74. The monoisotopic (exact) mass is 258 g/mol. The summed E-state index contributed by atoms with van der Waals surface area (Å²) >= 11 is 0.987. The number of benzene rings is 1. The van der Waals surface area contributed by atoms with Crippen LogP contribution >= 0.6 is 18.1 Å². The highest BCUT2D eigenvalue weighted by atomic mass is 32.7. The number of rotatable bonds is 6. The fourth-order valence-electron chi connectivity index (χ4n) is 0.954. The Morgan fingerprint density at radius 1 is 1.50 bits per heavy atom. The molecule has 1 aromatic rings. The van der Waals surface area contributed by atoms with E-state index < -0.39 is 6.72 Å². The highest BCUT2D eigenvalue weighted by Crippen LogP contribution is 2.55. The lowest BCUT2D eigenvalue weighted by Crippen LogP contribution is -1.93. The van der Waals surface area contributed by atoms with Gasteiger partial charge in [-0.25, -0.2) is 0 Å². The van der Waals surface area contributed by atoms with Crippen molar-refractivity contribution in [3.05, 3.63) is 30.3 Å². The van der Waals surface area contributed by atoms with E-state index in [-0.39, 0.29) is 0 Å². The highest BCUT2D eigenvalue weighted by molar-refractivity contribution is 8.55. The Morgan fingerprint density at radius 2 is 2.19 bits per heavy atom. The first kappa shape index (κ1) is 13.3. The molecule has 0 aliphatic heterocycles. The van der Waals surface area contributed by atoms with E-state index in [2.05, 4.69) is 10.1 Å². The summed E-state index contributed by atoms with van der Waals surface area (Å²) in [5, 5.41) is 2.84. The van der Waals surface area contributed by atoms with Crippen LogP contribution in [0, 0.1) is 0 Å². The van der Waals surface area contributed by atoms with Gasteiger partial charge in [-0.05, 0) is 29.9 Å². The van der Waals surface area contributed by atoms with Gasteiger partial charge < -0.3 is 10.2 Å². The van der Waals surface area contributed by atoms with Gasteiger partial charge in [-0.2, -0.15) is 4.76 Å². The lowest BCUT2D eigenvalue weighted by molar-refractivity contribution is 0.499. The molecule has 0 spiro atoms. The maximum absolute atomic E-state index is 11.4. The maximum Gasteiger partial charge on any atom is 0.370 e. The molecule has 88 valence electrons. The minimum absolute atomic E-state index is 0.635. The molecule has 6 heteroatoms. The average Bonchev–Trinajstić information content (AvgIpc) is 2.28. The van der Waals surface area contributed by atoms with E-state index >= 15 is 0 Å². The highest BCUT2D eigenvalue weighted by Gasteiger charge is 2.14. The molecule has 0 saturated carbocycles. The van der Waals surface area contributed by atoms with E-state index in [1.165, 1.54) is 6.34 Å². The summed E-state index contributed by atoms with van der Waals surface area (Å²) in [5.41, 5.74) is 0.840. The molecule has 1 unspecified atom stereocenters. The van der Waals surface area contributed by atoms with Crippen LogP contribution < -0.4 is 5.32 Å². The molecule has 0 heterocycles. The Bertz CT molecular complexity index is 384. The van der Waals surface area contributed by atoms with Crippen molar-refractivity contribution < 1.29 is 9.46 Å². The van der Waals surface area contributed by atoms with Gasteiger partial charge in [0.05, 0.1) is 6.34 Å². The van der Waals surface area contributed by atoms with Gasteiger partial charge in [-0.3, -0.25) is 4.57 Å². The Labute approximate surface area is 99.4 Å². The van der Waals surface area contributed by atoms with Crippen LogP contribution in [0.15, 0.2) is 35.1 Å². The number of nitrogens with one attached hydrogen (secondary N) is 1. The maximum atomic E-state index is 11.4. The first-order chi connectivity index (χ1) is 7.64. The van der Waals surface area contributed by atoms with Crippen molar-refractivity contribution in [2.24, 2.45) is 4.76 Å². The smallest absolute Gasteiger partial charge is 0.346 e. The summed E-state index contributed by atoms with van der Waals surface area (Å²) < 4.78 is 15.1. The molecule has 2 N–H and O–H groups in total. The molecule has 4 nitrogen and oxygen atoms in total. The zero-order valence-corrected chi connectivity index (χ0v) is 10.7. The van der Waals surface area contributed by atoms with Crippen LogP contribution in [0.1, 0.15) is 13.3 Å². The molecule has 0 radical (unpaired) electrons. The van der Waals surface area contributed by atoms with Crippen LogP contribution in [0.3, 0.4) is 0 Å². The summed E-state index contributed by atoms with van der Waals surface area (Å²) in [6.45, 7) is -1.47. The zero-order chi connectivity index (χ0) is 11.9. The Kier molecular flexibility index (Phi) is 5.60. The number of hydrogen-bond donors (Lipinski definition) is 2. The summed E-state index contributed by atoms with van der Waals surface area (Å²) in [6.07, 6.45) is 2.13. The van der Waals surface area contributed by atoms with E-state index in [4.69, 9.17) is 0 Å². The number of hydrogen-bond acceptors (Lipinski definition) is 2. The first-order valence-electron chi connectivity index (χ1n) is 4.97. The van der Waals surface area contributed by atoms with Gasteiger partial charge in [0.15, 0.2) is 0 Å². The van der Waals surface area contributed by atoms with Gasteiger partial charge in [-0.15, -0.1) is 0 Å². The van der Waals surface area contributed by atoms with E-state index in [1.807, 2.05) is 37.3 Å². The third-order valence-corrected chi connectivity index (χ3v) is 4.85. The van der Waals surface area contributed by atoms with Crippen molar-refractivity contribution in [2.75, 3.05) is 11.1 Å². The Morgan fingerprint density at radius 3 is 2.81 bits per heavy atom. The lowest BCUT2D eigenvalue weighted by atomic mass is 10.3. The summed E-state index contributed by atoms with van der Waals surface area (Å²) in [4.78, 5) is 9.40. The van der Waals surface area contributed by atoms with Crippen molar-refractivity contribution in [3.63, 3.8) is 0 Å². The van der Waals surface area contributed by atoms with Crippen molar-refractivity contribution in [2.45, 2.75) is 13.3 Å². The van der Waals surface area contributed by atoms with Crippen LogP contribution in [-0.4, -0.2) is 17.0 Å². The average molecular weight is 258 g/mol. The van der Waals surface area contributed by atoms with Crippen molar-refractivity contribution in [1.82, 2.24) is 0 Å². The largest absolute Gasteiger partial charge is 0.370 e. The van der Waals surface area contributed by atoms with Gasteiger partial charge in [-0.1, -0.05) is 25.1 Å². The van der Waals surface area contributed by atoms with Crippen molar-refractivity contribution >= 4 is 30.1 Å². The predicted molar refractivity (Wildman–Crippen MR) is 71.1 cm³/mol. The molecular formula is C10H15N2O2PS. The molecule has 0 saturated heterocycles. The SMILES string of the molecule is CCCSP(=O)(O)/N=C/Nc1ccccc1. The third kappa shape index (κ3) is 5.35. The standard InChI is InChI=1S/C10H15N2O2PS/c1-2-8-16-15(13,14)12-9-11-10-6-4-3-5-7-10/h3-7,9H,2,8H2,1H3,(H2,11,12,13,14). The fraction of sp³-hybridized carbons (Fsp3) is 0.300. The molecule has 16 heavy (non-hydrogen) atoms. The minimum atomic E-state index is -3.42. The quantitative estimate of drug-likeness (QED) is 0.466.